The summed E-state index contributed by atoms with van der Waals surface area (Å²) in [6, 6.07) is 13.4. The number of hydrogen-bond acceptors (Lipinski definition) is 4. The average molecular weight is 284 g/mol. The predicted molar refractivity (Wildman–Crippen MR) is 80.8 cm³/mol. The number of nitrogens with one attached hydrogen (secondary N) is 1. The van der Waals surface area contributed by atoms with Gasteiger partial charge in [0, 0.05) is 11.1 Å². The Kier molecular flexibility index (Phi) is 4.93. The van der Waals surface area contributed by atoms with Crippen LogP contribution in [0.1, 0.15) is 22.8 Å². The molecule has 2 aromatic rings. The van der Waals surface area contributed by atoms with E-state index < -0.39 is 0 Å². The van der Waals surface area contributed by atoms with Gasteiger partial charge in [-0.2, -0.15) is 5.10 Å². The van der Waals surface area contributed by atoms with Gasteiger partial charge in [0.05, 0.1) is 12.8 Å². The first-order valence-corrected chi connectivity index (χ1v) is 6.55. The van der Waals surface area contributed by atoms with Crippen LogP contribution in [0.3, 0.4) is 0 Å². The molecule has 0 aliphatic carbocycles. The van der Waals surface area contributed by atoms with Crippen LogP contribution in [0.5, 0.6) is 11.5 Å². The highest BCUT2D eigenvalue weighted by atomic mass is 16.5. The Balaban J connectivity index is 2.02. The fraction of sp³-hybridized carbons (Fsp3) is 0.125. The predicted octanol–water partition coefficient (Wildman–Crippen LogP) is 2.55. The maximum absolute atomic E-state index is 11.8. The van der Waals surface area contributed by atoms with Crippen molar-refractivity contribution in [3.8, 4) is 11.5 Å². The number of rotatable bonds is 5. The van der Waals surface area contributed by atoms with Gasteiger partial charge in [0.15, 0.2) is 0 Å². The second kappa shape index (κ2) is 7.09. The third-order valence-electron chi connectivity index (χ3n) is 2.72. The smallest absolute Gasteiger partial charge is 0.271 e. The summed E-state index contributed by atoms with van der Waals surface area (Å²) in [5.41, 5.74) is 3.63. The molecule has 0 aromatic heterocycles. The van der Waals surface area contributed by atoms with Gasteiger partial charge in [-0.05, 0) is 43.3 Å². The van der Waals surface area contributed by atoms with Gasteiger partial charge >= 0.3 is 0 Å². The van der Waals surface area contributed by atoms with Gasteiger partial charge in [-0.3, -0.25) is 4.79 Å². The minimum Gasteiger partial charge on any atom is -0.508 e. The standard InChI is InChI=1S/C16H16N2O3/c1-2-21-15-6-4-3-5-13(15)11-17-18-16(20)12-7-9-14(19)10-8-12/h3-11,19H,2H2,1H3,(H,18,20)/b17-11+. The van der Waals surface area contributed by atoms with E-state index in [0.717, 1.165) is 5.56 Å². The molecule has 0 saturated heterocycles. The van der Waals surface area contributed by atoms with Gasteiger partial charge in [0.25, 0.3) is 5.91 Å². The number of para-hydroxylation sites is 1. The quantitative estimate of drug-likeness (QED) is 0.654. The van der Waals surface area contributed by atoms with Crippen molar-refractivity contribution in [2.24, 2.45) is 5.10 Å². The van der Waals surface area contributed by atoms with Crippen molar-refractivity contribution in [1.29, 1.82) is 0 Å². The van der Waals surface area contributed by atoms with Crippen LogP contribution in [0.25, 0.3) is 0 Å². The molecule has 2 rings (SSSR count). The fourth-order valence-corrected chi connectivity index (χ4v) is 1.71. The Labute approximate surface area is 122 Å². The molecule has 108 valence electrons. The largest absolute Gasteiger partial charge is 0.508 e. The molecule has 0 bridgehead atoms. The summed E-state index contributed by atoms with van der Waals surface area (Å²) in [6.45, 7) is 2.46. The van der Waals surface area contributed by atoms with E-state index in [2.05, 4.69) is 10.5 Å². The van der Waals surface area contributed by atoms with Gasteiger partial charge in [-0.25, -0.2) is 5.43 Å². The number of carbonyl (C=O) groups is 1. The zero-order valence-corrected chi connectivity index (χ0v) is 11.6. The molecule has 1 amide bonds. The number of hydrazone groups is 1. The lowest BCUT2D eigenvalue weighted by Gasteiger charge is -2.05. The summed E-state index contributed by atoms with van der Waals surface area (Å²) in [6.07, 6.45) is 1.53. The van der Waals surface area contributed by atoms with Crippen LogP contribution in [0.4, 0.5) is 0 Å². The van der Waals surface area contributed by atoms with Crippen LogP contribution in [0.2, 0.25) is 0 Å². The first-order valence-electron chi connectivity index (χ1n) is 6.55. The number of carbonyl (C=O) groups excluding carboxylic acids is 1. The van der Waals surface area contributed by atoms with Gasteiger partial charge in [0.2, 0.25) is 0 Å². The molecule has 0 aliphatic heterocycles. The molecule has 21 heavy (non-hydrogen) atoms. The number of phenols is 1. The lowest BCUT2D eigenvalue weighted by molar-refractivity contribution is 0.0955. The van der Waals surface area contributed by atoms with Gasteiger partial charge in [-0.15, -0.1) is 0 Å². The highest BCUT2D eigenvalue weighted by Gasteiger charge is 2.04. The van der Waals surface area contributed by atoms with Crippen LogP contribution in [0, 0.1) is 0 Å². The number of amides is 1. The number of ether oxygens (including phenoxy) is 1. The Hall–Kier alpha value is -2.82. The highest BCUT2D eigenvalue weighted by Crippen LogP contribution is 2.15. The van der Waals surface area contributed by atoms with Crippen molar-refractivity contribution in [3.63, 3.8) is 0 Å². The molecule has 5 heteroatoms. The SMILES string of the molecule is CCOc1ccccc1/C=N/NC(=O)c1ccc(O)cc1. The van der Waals surface area contributed by atoms with Crippen LogP contribution in [0.15, 0.2) is 53.6 Å². The molecule has 0 fully saturated rings. The summed E-state index contributed by atoms with van der Waals surface area (Å²) in [4.78, 5) is 11.8. The van der Waals surface area contributed by atoms with E-state index >= 15 is 0 Å². The molecule has 0 saturated carbocycles. The van der Waals surface area contributed by atoms with Gasteiger partial charge < -0.3 is 9.84 Å². The summed E-state index contributed by atoms with van der Waals surface area (Å²) in [5, 5.41) is 13.1. The number of hydrogen-bond donors (Lipinski definition) is 2. The monoisotopic (exact) mass is 284 g/mol. The lowest BCUT2D eigenvalue weighted by Crippen LogP contribution is -2.17. The maximum atomic E-state index is 11.8. The molecular formula is C16H16N2O3. The molecule has 0 atom stereocenters. The molecular weight excluding hydrogens is 268 g/mol. The van der Waals surface area contributed by atoms with Crippen molar-refractivity contribution in [2.75, 3.05) is 6.61 Å². The first-order chi connectivity index (χ1) is 10.2. The van der Waals surface area contributed by atoms with Crippen LogP contribution < -0.4 is 10.2 Å². The third kappa shape index (κ3) is 4.07. The average Bonchev–Trinajstić information content (AvgIpc) is 2.50. The minimum absolute atomic E-state index is 0.112. The normalized spacial score (nSPS) is 10.5. The zero-order chi connectivity index (χ0) is 15.1. The van der Waals surface area contributed by atoms with Crippen molar-refractivity contribution >= 4 is 12.1 Å². The first kappa shape index (κ1) is 14.6. The van der Waals surface area contributed by atoms with Crippen molar-refractivity contribution in [1.82, 2.24) is 5.43 Å². The van der Waals surface area contributed by atoms with E-state index in [4.69, 9.17) is 9.84 Å². The van der Waals surface area contributed by atoms with E-state index in [1.54, 1.807) is 0 Å². The van der Waals surface area contributed by atoms with Crippen LogP contribution in [-0.4, -0.2) is 23.8 Å². The van der Waals surface area contributed by atoms with E-state index in [1.165, 1.54) is 30.5 Å². The van der Waals surface area contributed by atoms with Crippen molar-refractivity contribution in [3.05, 3.63) is 59.7 Å². The Bertz CT molecular complexity index is 636. The number of nitrogens with zero attached hydrogens (tertiary/aromatic N) is 1. The zero-order valence-electron chi connectivity index (χ0n) is 11.6. The summed E-state index contributed by atoms with van der Waals surface area (Å²) in [5.74, 6) is 0.475. The number of phenolic OH excluding ortho intramolecular Hbond substituents is 1. The van der Waals surface area contributed by atoms with Gasteiger partial charge in [0.1, 0.15) is 11.5 Å². The molecule has 0 unspecified atom stereocenters. The van der Waals surface area contributed by atoms with Crippen LogP contribution in [-0.2, 0) is 0 Å². The molecule has 2 aromatic carbocycles. The molecule has 0 radical (unpaired) electrons. The number of aromatic hydroxyl groups is 1. The van der Waals surface area contributed by atoms with E-state index in [-0.39, 0.29) is 11.7 Å². The van der Waals surface area contributed by atoms with E-state index in [0.29, 0.717) is 17.9 Å². The summed E-state index contributed by atoms with van der Waals surface area (Å²) < 4.78 is 5.46. The number of benzene rings is 2. The molecule has 5 nitrogen and oxygen atoms in total. The molecule has 0 spiro atoms. The molecule has 0 aliphatic rings. The van der Waals surface area contributed by atoms with Crippen molar-refractivity contribution < 1.29 is 14.6 Å². The van der Waals surface area contributed by atoms with Gasteiger partial charge in [-0.1, -0.05) is 12.1 Å². The Morgan fingerprint density at radius 3 is 2.67 bits per heavy atom. The maximum Gasteiger partial charge on any atom is 0.271 e. The Morgan fingerprint density at radius 2 is 1.95 bits per heavy atom. The second-order valence-electron chi connectivity index (χ2n) is 4.22. The summed E-state index contributed by atoms with van der Waals surface area (Å²) >= 11 is 0. The lowest BCUT2D eigenvalue weighted by atomic mass is 10.2. The fourth-order valence-electron chi connectivity index (χ4n) is 1.71. The summed E-state index contributed by atoms with van der Waals surface area (Å²) in [7, 11) is 0. The molecule has 0 heterocycles. The van der Waals surface area contributed by atoms with Crippen LogP contribution >= 0.6 is 0 Å². The molecule has 2 N–H and O–H groups in total. The highest BCUT2D eigenvalue weighted by molar-refractivity contribution is 5.95. The third-order valence-corrected chi connectivity index (χ3v) is 2.72. The minimum atomic E-state index is -0.347. The van der Waals surface area contributed by atoms with Crippen molar-refractivity contribution in [2.45, 2.75) is 6.92 Å². The Morgan fingerprint density at radius 1 is 1.24 bits per heavy atom. The van der Waals surface area contributed by atoms with E-state index in [1.807, 2.05) is 31.2 Å². The van der Waals surface area contributed by atoms with E-state index in [9.17, 15) is 4.79 Å². The second-order valence-corrected chi connectivity index (χ2v) is 4.22. The topological polar surface area (TPSA) is 70.9 Å².